The van der Waals surface area contributed by atoms with Crippen LogP contribution in [0.3, 0.4) is 0 Å². The number of anilines is 1. The summed E-state index contributed by atoms with van der Waals surface area (Å²) in [6, 6.07) is 5.72. The molecule has 0 aromatic carbocycles. The van der Waals surface area contributed by atoms with Crippen molar-refractivity contribution in [3.8, 4) is 0 Å². The van der Waals surface area contributed by atoms with Crippen LogP contribution in [0.4, 0.5) is 5.82 Å². The van der Waals surface area contributed by atoms with E-state index in [1.165, 1.54) is 15.3 Å². The molecule has 1 amide bonds. The first-order chi connectivity index (χ1) is 9.99. The van der Waals surface area contributed by atoms with Gasteiger partial charge in [0.1, 0.15) is 5.82 Å². The van der Waals surface area contributed by atoms with Crippen LogP contribution in [0.5, 0.6) is 0 Å². The largest absolute Gasteiger partial charge is 0.370 e. The van der Waals surface area contributed by atoms with Gasteiger partial charge in [0.2, 0.25) is 0 Å². The minimum atomic E-state index is -0.0663. The molecule has 0 aliphatic carbocycles. The van der Waals surface area contributed by atoms with Gasteiger partial charge in [-0.3, -0.25) is 4.79 Å². The molecule has 112 valence electrons. The highest BCUT2D eigenvalue weighted by atomic mass is 32.1. The molecule has 0 atom stereocenters. The lowest BCUT2D eigenvalue weighted by molar-refractivity contribution is 0.0951. The minimum absolute atomic E-state index is 0.0663. The Bertz CT molecular complexity index is 629. The van der Waals surface area contributed by atoms with Gasteiger partial charge in [0.05, 0.1) is 6.54 Å². The molecule has 2 aromatic rings. The zero-order valence-corrected chi connectivity index (χ0v) is 13.7. The van der Waals surface area contributed by atoms with E-state index in [1.807, 2.05) is 13.8 Å². The third kappa shape index (κ3) is 4.04. The summed E-state index contributed by atoms with van der Waals surface area (Å²) in [4.78, 5) is 19.1. The Labute approximate surface area is 129 Å². The van der Waals surface area contributed by atoms with E-state index in [4.69, 9.17) is 0 Å². The van der Waals surface area contributed by atoms with E-state index in [-0.39, 0.29) is 5.91 Å². The smallest absolute Gasteiger partial charge is 0.251 e. The van der Waals surface area contributed by atoms with Crippen LogP contribution in [-0.2, 0) is 6.54 Å². The van der Waals surface area contributed by atoms with Crippen molar-refractivity contribution in [1.82, 2.24) is 10.3 Å². The summed E-state index contributed by atoms with van der Waals surface area (Å²) in [7, 11) is 0. The minimum Gasteiger partial charge on any atom is -0.370 e. The monoisotopic (exact) mass is 303 g/mol. The fourth-order valence-electron chi connectivity index (χ4n) is 2.08. The molecule has 2 heterocycles. The standard InChI is InChI=1S/C16H21N3OS/c1-5-17-15-8-13(7-11(3)19-15)16(20)18-9-14-6-10(2)12(4)21-14/h6-8H,5,9H2,1-4H3,(H,17,19)(H,18,20). The Morgan fingerprint density at radius 3 is 2.62 bits per heavy atom. The first kappa shape index (κ1) is 15.5. The molecular weight excluding hydrogens is 282 g/mol. The molecule has 0 fully saturated rings. The van der Waals surface area contributed by atoms with E-state index >= 15 is 0 Å². The van der Waals surface area contributed by atoms with Gasteiger partial charge in [0.15, 0.2) is 0 Å². The molecule has 0 saturated carbocycles. The van der Waals surface area contributed by atoms with Crippen LogP contribution >= 0.6 is 11.3 Å². The van der Waals surface area contributed by atoms with Gasteiger partial charge in [-0.2, -0.15) is 0 Å². The summed E-state index contributed by atoms with van der Waals surface area (Å²) in [5.74, 6) is 0.675. The Morgan fingerprint density at radius 1 is 1.24 bits per heavy atom. The third-order valence-corrected chi connectivity index (χ3v) is 4.37. The quantitative estimate of drug-likeness (QED) is 0.889. The highest BCUT2D eigenvalue weighted by Gasteiger charge is 2.09. The average Bonchev–Trinajstić information content (AvgIpc) is 2.75. The average molecular weight is 303 g/mol. The molecule has 0 saturated heterocycles. The topological polar surface area (TPSA) is 54.0 Å². The van der Waals surface area contributed by atoms with Gasteiger partial charge in [-0.25, -0.2) is 4.98 Å². The van der Waals surface area contributed by atoms with Crippen LogP contribution in [0.1, 0.15) is 38.3 Å². The number of pyridine rings is 1. The fourth-order valence-corrected chi connectivity index (χ4v) is 3.07. The Morgan fingerprint density at radius 2 is 2.00 bits per heavy atom. The number of hydrogen-bond acceptors (Lipinski definition) is 4. The summed E-state index contributed by atoms with van der Waals surface area (Å²) in [6.07, 6.45) is 0. The number of thiophene rings is 1. The van der Waals surface area contributed by atoms with Crippen molar-refractivity contribution in [2.45, 2.75) is 34.2 Å². The lowest BCUT2D eigenvalue weighted by Crippen LogP contribution is -2.22. The van der Waals surface area contributed by atoms with Gasteiger partial charge in [0, 0.05) is 27.6 Å². The number of carbonyl (C=O) groups is 1. The number of aryl methyl sites for hydroxylation is 3. The Hall–Kier alpha value is -1.88. The van der Waals surface area contributed by atoms with Crippen molar-refractivity contribution in [2.75, 3.05) is 11.9 Å². The maximum absolute atomic E-state index is 12.3. The van der Waals surface area contributed by atoms with E-state index in [0.717, 1.165) is 18.1 Å². The molecule has 4 nitrogen and oxygen atoms in total. The van der Waals surface area contributed by atoms with Crippen LogP contribution < -0.4 is 10.6 Å². The fraction of sp³-hybridized carbons (Fsp3) is 0.375. The predicted molar refractivity (Wildman–Crippen MR) is 88.1 cm³/mol. The molecule has 0 aliphatic rings. The highest BCUT2D eigenvalue weighted by Crippen LogP contribution is 2.20. The van der Waals surface area contributed by atoms with E-state index < -0.39 is 0 Å². The molecule has 0 unspecified atom stereocenters. The summed E-state index contributed by atoms with van der Waals surface area (Å²) in [5, 5.41) is 6.11. The van der Waals surface area contributed by atoms with E-state index in [0.29, 0.717) is 12.1 Å². The SMILES string of the molecule is CCNc1cc(C(=O)NCc2cc(C)c(C)s2)cc(C)n1. The molecule has 5 heteroatoms. The van der Waals surface area contributed by atoms with Gasteiger partial charge < -0.3 is 10.6 Å². The zero-order chi connectivity index (χ0) is 15.4. The molecule has 0 aliphatic heterocycles. The highest BCUT2D eigenvalue weighted by molar-refractivity contribution is 7.12. The number of amides is 1. The summed E-state index contributed by atoms with van der Waals surface area (Å²) in [5.41, 5.74) is 2.75. The first-order valence-corrected chi connectivity index (χ1v) is 7.88. The number of nitrogens with one attached hydrogen (secondary N) is 2. The third-order valence-electron chi connectivity index (χ3n) is 3.21. The summed E-state index contributed by atoms with van der Waals surface area (Å²) in [6.45, 7) is 9.43. The van der Waals surface area contributed by atoms with Crippen LogP contribution in [-0.4, -0.2) is 17.4 Å². The van der Waals surface area contributed by atoms with Gasteiger partial charge in [-0.05, 0) is 51.5 Å². The number of hydrogen-bond donors (Lipinski definition) is 2. The van der Waals surface area contributed by atoms with E-state index in [9.17, 15) is 4.79 Å². The molecule has 21 heavy (non-hydrogen) atoms. The van der Waals surface area contributed by atoms with Gasteiger partial charge in [-0.15, -0.1) is 11.3 Å². The first-order valence-electron chi connectivity index (χ1n) is 7.06. The van der Waals surface area contributed by atoms with Crippen LogP contribution in [0.2, 0.25) is 0 Å². The van der Waals surface area contributed by atoms with Crippen molar-refractivity contribution < 1.29 is 4.79 Å². The second-order valence-electron chi connectivity index (χ2n) is 5.05. The van der Waals surface area contributed by atoms with E-state index in [2.05, 4.69) is 35.5 Å². The lowest BCUT2D eigenvalue weighted by atomic mass is 10.2. The van der Waals surface area contributed by atoms with Gasteiger partial charge in [0.25, 0.3) is 5.91 Å². The maximum atomic E-state index is 12.3. The molecule has 2 rings (SSSR count). The van der Waals surface area contributed by atoms with Crippen molar-refractivity contribution >= 4 is 23.1 Å². The Kier molecular flexibility index (Phi) is 4.96. The Balaban J connectivity index is 2.06. The molecule has 0 spiro atoms. The van der Waals surface area contributed by atoms with Crippen LogP contribution in [0.15, 0.2) is 18.2 Å². The molecule has 2 N–H and O–H groups in total. The van der Waals surface area contributed by atoms with Crippen molar-refractivity contribution in [3.63, 3.8) is 0 Å². The predicted octanol–water partition coefficient (Wildman–Crippen LogP) is 3.43. The molecule has 0 bridgehead atoms. The number of rotatable bonds is 5. The molecule has 2 aromatic heterocycles. The van der Waals surface area contributed by atoms with E-state index in [1.54, 1.807) is 23.5 Å². The lowest BCUT2D eigenvalue weighted by Gasteiger charge is -2.08. The zero-order valence-electron chi connectivity index (χ0n) is 12.9. The molecular formula is C16H21N3OS. The second-order valence-corrected chi connectivity index (χ2v) is 6.39. The second kappa shape index (κ2) is 6.72. The van der Waals surface area contributed by atoms with Crippen LogP contribution in [0.25, 0.3) is 0 Å². The summed E-state index contributed by atoms with van der Waals surface area (Å²) >= 11 is 1.73. The molecule has 0 radical (unpaired) electrons. The van der Waals surface area contributed by atoms with Gasteiger partial charge >= 0.3 is 0 Å². The van der Waals surface area contributed by atoms with Crippen molar-refractivity contribution in [3.05, 3.63) is 44.8 Å². The van der Waals surface area contributed by atoms with Crippen LogP contribution in [0, 0.1) is 20.8 Å². The van der Waals surface area contributed by atoms with Crippen molar-refractivity contribution in [2.24, 2.45) is 0 Å². The van der Waals surface area contributed by atoms with Gasteiger partial charge in [-0.1, -0.05) is 0 Å². The van der Waals surface area contributed by atoms with Crippen molar-refractivity contribution in [1.29, 1.82) is 0 Å². The maximum Gasteiger partial charge on any atom is 0.251 e. The number of aromatic nitrogens is 1. The number of nitrogens with zero attached hydrogens (tertiary/aromatic N) is 1. The normalized spacial score (nSPS) is 10.5. The number of carbonyl (C=O) groups excluding carboxylic acids is 1. The summed E-state index contributed by atoms with van der Waals surface area (Å²) < 4.78 is 0.